The van der Waals surface area contributed by atoms with Gasteiger partial charge in [0.25, 0.3) is 0 Å². The zero-order valence-corrected chi connectivity index (χ0v) is 16.6. The Kier molecular flexibility index (Phi) is 6.27. The average molecular weight is 374 g/mol. The molecule has 0 bridgehead atoms. The molecule has 0 fully saturated rings. The first kappa shape index (κ1) is 19.4. The van der Waals surface area contributed by atoms with Crippen LogP contribution in [0.1, 0.15) is 18.1 Å². The van der Waals surface area contributed by atoms with Gasteiger partial charge in [0.2, 0.25) is 5.91 Å². The maximum Gasteiger partial charge on any atom is 0.246 e. The average Bonchev–Trinajstić information content (AvgIpc) is 3.20. The number of amides is 1. The van der Waals surface area contributed by atoms with Crippen molar-refractivity contribution in [3.63, 3.8) is 0 Å². The molecule has 0 saturated heterocycles. The number of hydrogen-bond donors (Lipinski definition) is 0. The van der Waals surface area contributed by atoms with E-state index < -0.39 is 0 Å². The molecule has 0 radical (unpaired) electrons. The van der Waals surface area contributed by atoms with Crippen LogP contribution in [-0.2, 0) is 11.3 Å². The number of hydrogen-bond acceptors (Lipinski definition) is 3. The van der Waals surface area contributed by atoms with Crippen molar-refractivity contribution in [1.29, 1.82) is 0 Å². The van der Waals surface area contributed by atoms with E-state index in [1.165, 1.54) is 0 Å². The first-order chi connectivity index (χ1) is 13.6. The fraction of sp³-hybridized carbons (Fsp3) is 0.217. The molecule has 0 aliphatic carbocycles. The van der Waals surface area contributed by atoms with E-state index in [2.05, 4.69) is 34.3 Å². The monoisotopic (exact) mass is 374 g/mol. The molecule has 1 aromatic heterocycles. The molecule has 0 N–H and O–H groups in total. The summed E-state index contributed by atoms with van der Waals surface area (Å²) in [5.41, 5.74) is 4.15. The Morgan fingerprint density at radius 2 is 1.79 bits per heavy atom. The predicted octanol–water partition coefficient (Wildman–Crippen LogP) is 4.00. The molecule has 3 aromatic rings. The summed E-state index contributed by atoms with van der Waals surface area (Å²) < 4.78 is 1.80. The second-order valence-corrected chi connectivity index (χ2v) is 6.80. The summed E-state index contributed by atoms with van der Waals surface area (Å²) in [5.74, 6) is -0.00773. The maximum atomic E-state index is 12.6. The molecule has 3 rings (SSSR count). The Labute approximate surface area is 166 Å². The smallest absolute Gasteiger partial charge is 0.246 e. The molecule has 0 atom stereocenters. The summed E-state index contributed by atoms with van der Waals surface area (Å²) in [4.78, 5) is 16.5. The van der Waals surface area contributed by atoms with Crippen molar-refractivity contribution >= 4 is 17.7 Å². The molecule has 0 saturated carbocycles. The normalized spacial score (nSPS) is 11.0. The van der Waals surface area contributed by atoms with Crippen molar-refractivity contribution in [2.75, 3.05) is 25.5 Å². The Balaban J connectivity index is 1.64. The van der Waals surface area contributed by atoms with Crippen LogP contribution in [0, 0.1) is 0 Å². The van der Waals surface area contributed by atoms with Crippen molar-refractivity contribution in [3.8, 4) is 5.69 Å². The van der Waals surface area contributed by atoms with E-state index in [9.17, 15) is 4.79 Å². The minimum Gasteiger partial charge on any atom is -0.378 e. The largest absolute Gasteiger partial charge is 0.378 e. The molecule has 5 nitrogen and oxygen atoms in total. The fourth-order valence-corrected chi connectivity index (χ4v) is 2.88. The maximum absolute atomic E-state index is 12.6. The quantitative estimate of drug-likeness (QED) is 0.587. The molecular formula is C23H26N4O. The van der Waals surface area contributed by atoms with E-state index >= 15 is 0 Å². The van der Waals surface area contributed by atoms with Crippen molar-refractivity contribution in [3.05, 3.63) is 84.2 Å². The van der Waals surface area contributed by atoms with Gasteiger partial charge in [0, 0.05) is 50.7 Å². The molecule has 0 aliphatic rings. The van der Waals surface area contributed by atoms with Crippen molar-refractivity contribution < 1.29 is 4.79 Å². The van der Waals surface area contributed by atoms with Gasteiger partial charge in [-0.05, 0) is 42.8 Å². The zero-order valence-electron chi connectivity index (χ0n) is 16.6. The van der Waals surface area contributed by atoms with Gasteiger partial charge in [0.1, 0.15) is 0 Å². The number of carbonyl (C=O) groups is 1. The van der Waals surface area contributed by atoms with Crippen LogP contribution in [0.15, 0.2) is 73.1 Å². The fourth-order valence-electron chi connectivity index (χ4n) is 2.88. The van der Waals surface area contributed by atoms with E-state index in [0.717, 1.165) is 22.5 Å². The SMILES string of the molecule is CCN(Cc1ccc(N(C)C)cc1)C(=O)/C=C/c1cnn(-c2ccccc2)c1. The lowest BCUT2D eigenvalue weighted by Gasteiger charge is -2.20. The van der Waals surface area contributed by atoms with Crippen LogP contribution in [-0.4, -0.2) is 41.2 Å². The van der Waals surface area contributed by atoms with Gasteiger partial charge in [-0.25, -0.2) is 4.68 Å². The molecule has 5 heteroatoms. The van der Waals surface area contributed by atoms with Crippen molar-refractivity contribution in [2.45, 2.75) is 13.5 Å². The van der Waals surface area contributed by atoms with Gasteiger partial charge in [-0.3, -0.25) is 4.79 Å². The molecular weight excluding hydrogens is 348 g/mol. The van der Waals surface area contributed by atoms with E-state index in [4.69, 9.17) is 0 Å². The second-order valence-electron chi connectivity index (χ2n) is 6.80. The van der Waals surface area contributed by atoms with Gasteiger partial charge >= 0.3 is 0 Å². The van der Waals surface area contributed by atoms with Gasteiger partial charge in [-0.2, -0.15) is 5.10 Å². The number of carbonyl (C=O) groups excluding carboxylic acids is 1. The van der Waals surface area contributed by atoms with Crippen molar-refractivity contribution in [2.24, 2.45) is 0 Å². The summed E-state index contributed by atoms with van der Waals surface area (Å²) in [7, 11) is 4.03. The van der Waals surface area contributed by atoms with E-state index in [-0.39, 0.29) is 5.91 Å². The summed E-state index contributed by atoms with van der Waals surface area (Å²) in [6, 6.07) is 18.2. The number of anilines is 1. The highest BCUT2D eigenvalue weighted by Crippen LogP contribution is 2.14. The van der Waals surface area contributed by atoms with Gasteiger partial charge < -0.3 is 9.80 Å². The lowest BCUT2D eigenvalue weighted by atomic mass is 10.2. The van der Waals surface area contributed by atoms with Crippen LogP contribution in [0.25, 0.3) is 11.8 Å². The van der Waals surface area contributed by atoms with Crippen LogP contribution < -0.4 is 4.90 Å². The Morgan fingerprint density at radius 3 is 2.43 bits per heavy atom. The van der Waals surface area contributed by atoms with Crippen LogP contribution >= 0.6 is 0 Å². The van der Waals surface area contributed by atoms with Gasteiger partial charge in [-0.1, -0.05) is 30.3 Å². The molecule has 0 unspecified atom stereocenters. The minimum absolute atomic E-state index is 0.00773. The molecule has 28 heavy (non-hydrogen) atoms. The van der Waals surface area contributed by atoms with E-state index in [1.807, 2.05) is 68.5 Å². The topological polar surface area (TPSA) is 41.4 Å². The summed E-state index contributed by atoms with van der Waals surface area (Å²) in [6.45, 7) is 3.24. The molecule has 0 aliphatic heterocycles. The third-order valence-corrected chi connectivity index (χ3v) is 4.56. The standard InChI is InChI=1S/C23H26N4O/c1-4-26(17-19-10-13-21(14-11-19)25(2)3)23(28)15-12-20-16-24-27(18-20)22-8-6-5-7-9-22/h5-16,18H,4,17H2,1-3H3/b15-12+. The van der Waals surface area contributed by atoms with Crippen LogP contribution in [0.3, 0.4) is 0 Å². The van der Waals surface area contributed by atoms with Crippen molar-refractivity contribution in [1.82, 2.24) is 14.7 Å². The molecule has 0 spiro atoms. The lowest BCUT2D eigenvalue weighted by Crippen LogP contribution is -2.28. The number of aromatic nitrogens is 2. The van der Waals surface area contributed by atoms with Crippen LogP contribution in [0.5, 0.6) is 0 Å². The number of likely N-dealkylation sites (N-methyl/N-ethyl adjacent to an activating group) is 1. The van der Waals surface area contributed by atoms with Crippen LogP contribution in [0.4, 0.5) is 5.69 Å². The van der Waals surface area contributed by atoms with Gasteiger partial charge in [0.05, 0.1) is 11.9 Å². The highest BCUT2D eigenvalue weighted by Gasteiger charge is 2.09. The first-order valence-corrected chi connectivity index (χ1v) is 9.40. The number of nitrogens with zero attached hydrogens (tertiary/aromatic N) is 4. The van der Waals surface area contributed by atoms with E-state index in [0.29, 0.717) is 13.1 Å². The zero-order chi connectivity index (χ0) is 19.9. The molecule has 144 valence electrons. The molecule has 2 aromatic carbocycles. The number of benzene rings is 2. The highest BCUT2D eigenvalue weighted by molar-refractivity contribution is 5.91. The third-order valence-electron chi connectivity index (χ3n) is 4.56. The Hall–Kier alpha value is -3.34. The number of rotatable bonds is 7. The second kappa shape index (κ2) is 9.04. The first-order valence-electron chi connectivity index (χ1n) is 9.40. The van der Waals surface area contributed by atoms with Crippen LogP contribution in [0.2, 0.25) is 0 Å². The summed E-state index contributed by atoms with van der Waals surface area (Å²) >= 11 is 0. The van der Waals surface area contributed by atoms with E-state index in [1.54, 1.807) is 17.0 Å². The highest BCUT2D eigenvalue weighted by atomic mass is 16.2. The molecule has 1 amide bonds. The Bertz CT molecular complexity index is 927. The Morgan fingerprint density at radius 1 is 1.07 bits per heavy atom. The third kappa shape index (κ3) is 4.88. The predicted molar refractivity (Wildman–Crippen MR) is 114 cm³/mol. The lowest BCUT2D eigenvalue weighted by molar-refractivity contribution is -0.126. The van der Waals surface area contributed by atoms with Gasteiger partial charge in [0.15, 0.2) is 0 Å². The summed E-state index contributed by atoms with van der Waals surface area (Å²) in [5, 5.41) is 4.36. The van der Waals surface area contributed by atoms with Gasteiger partial charge in [-0.15, -0.1) is 0 Å². The number of para-hydroxylation sites is 1. The minimum atomic E-state index is -0.00773. The molecule has 1 heterocycles. The summed E-state index contributed by atoms with van der Waals surface area (Å²) in [6.07, 6.45) is 7.10.